The number of hydrogen-bond donors (Lipinski definition) is 2. The van der Waals surface area contributed by atoms with Crippen LogP contribution in [-0.4, -0.2) is 9.97 Å². The predicted molar refractivity (Wildman–Crippen MR) is 59.9 cm³/mol. The molecule has 0 aromatic carbocycles. The molecule has 1 aliphatic carbocycles. The Morgan fingerprint density at radius 2 is 2.13 bits per heavy atom. The van der Waals surface area contributed by atoms with Crippen molar-refractivity contribution in [2.24, 2.45) is 0 Å². The Morgan fingerprint density at radius 3 is 2.67 bits per heavy atom. The van der Waals surface area contributed by atoms with Crippen molar-refractivity contribution in [1.29, 1.82) is 0 Å². The van der Waals surface area contributed by atoms with Gasteiger partial charge >= 0.3 is 0 Å². The van der Waals surface area contributed by atoms with Gasteiger partial charge in [-0.2, -0.15) is 0 Å². The highest BCUT2D eigenvalue weighted by Crippen LogP contribution is 2.31. The standard InChI is InChI=1S/C11H17N3O/c1-2-8-9(12)13-10(14-11(8)15)7-5-3-4-6-7/h7H,2-6H2,1H3,(H3,12,13,14,15). The lowest BCUT2D eigenvalue weighted by Gasteiger charge is -2.10. The average Bonchev–Trinajstić information content (AvgIpc) is 2.69. The van der Waals surface area contributed by atoms with E-state index in [4.69, 9.17) is 5.73 Å². The van der Waals surface area contributed by atoms with Gasteiger partial charge < -0.3 is 10.7 Å². The van der Waals surface area contributed by atoms with E-state index in [1.165, 1.54) is 12.8 Å². The summed E-state index contributed by atoms with van der Waals surface area (Å²) in [7, 11) is 0. The van der Waals surface area contributed by atoms with E-state index in [-0.39, 0.29) is 5.56 Å². The third-order valence-electron chi connectivity index (χ3n) is 3.16. The fraction of sp³-hybridized carbons (Fsp3) is 0.636. The Labute approximate surface area is 88.9 Å². The molecule has 1 aromatic rings. The van der Waals surface area contributed by atoms with E-state index in [0.717, 1.165) is 18.7 Å². The van der Waals surface area contributed by atoms with Crippen molar-refractivity contribution in [3.63, 3.8) is 0 Å². The van der Waals surface area contributed by atoms with Crippen LogP contribution in [0.4, 0.5) is 5.82 Å². The van der Waals surface area contributed by atoms with Gasteiger partial charge in [0.15, 0.2) is 0 Å². The molecule has 2 rings (SSSR count). The van der Waals surface area contributed by atoms with Crippen LogP contribution in [-0.2, 0) is 6.42 Å². The normalized spacial score (nSPS) is 17.1. The molecule has 1 heterocycles. The quantitative estimate of drug-likeness (QED) is 0.773. The van der Waals surface area contributed by atoms with Gasteiger partial charge in [-0.3, -0.25) is 4.79 Å². The minimum absolute atomic E-state index is 0.0631. The number of nitrogens with one attached hydrogen (secondary N) is 1. The summed E-state index contributed by atoms with van der Waals surface area (Å²) in [6.07, 6.45) is 5.33. The van der Waals surface area contributed by atoms with Crippen LogP contribution in [0.1, 0.15) is 49.9 Å². The number of nitrogens with two attached hydrogens (primary N) is 1. The summed E-state index contributed by atoms with van der Waals surface area (Å²) in [5.41, 5.74) is 6.31. The van der Waals surface area contributed by atoms with Gasteiger partial charge in [0.1, 0.15) is 11.6 Å². The number of nitrogen functional groups attached to an aromatic ring is 1. The highest BCUT2D eigenvalue weighted by atomic mass is 16.1. The molecule has 0 radical (unpaired) electrons. The van der Waals surface area contributed by atoms with Crippen LogP contribution in [0, 0.1) is 0 Å². The number of rotatable bonds is 2. The first-order chi connectivity index (χ1) is 7.22. The van der Waals surface area contributed by atoms with Crippen LogP contribution in [0.5, 0.6) is 0 Å². The average molecular weight is 207 g/mol. The number of H-pyrrole nitrogens is 1. The lowest BCUT2D eigenvalue weighted by molar-refractivity contribution is 0.662. The summed E-state index contributed by atoms with van der Waals surface area (Å²) in [5.74, 6) is 1.60. The first-order valence-corrected chi connectivity index (χ1v) is 5.61. The van der Waals surface area contributed by atoms with E-state index in [2.05, 4.69) is 9.97 Å². The fourth-order valence-corrected chi connectivity index (χ4v) is 2.27. The summed E-state index contributed by atoms with van der Waals surface area (Å²) in [5, 5.41) is 0. The first-order valence-electron chi connectivity index (χ1n) is 5.61. The molecule has 1 aliphatic rings. The van der Waals surface area contributed by atoms with Crippen molar-refractivity contribution >= 4 is 5.82 Å². The second-order valence-corrected chi connectivity index (χ2v) is 4.15. The van der Waals surface area contributed by atoms with Gasteiger partial charge in [0, 0.05) is 5.92 Å². The second-order valence-electron chi connectivity index (χ2n) is 4.15. The van der Waals surface area contributed by atoms with E-state index in [1.54, 1.807) is 0 Å². The SMILES string of the molecule is CCc1c(N)nc(C2CCCC2)[nH]c1=O. The van der Waals surface area contributed by atoms with Crippen molar-refractivity contribution in [2.45, 2.75) is 44.9 Å². The number of nitrogens with zero attached hydrogens (tertiary/aromatic N) is 1. The summed E-state index contributed by atoms with van der Waals surface area (Å²) in [4.78, 5) is 18.8. The molecule has 1 saturated carbocycles. The van der Waals surface area contributed by atoms with E-state index in [0.29, 0.717) is 23.7 Å². The van der Waals surface area contributed by atoms with Gasteiger partial charge in [-0.05, 0) is 19.3 Å². The zero-order valence-corrected chi connectivity index (χ0v) is 9.05. The molecule has 82 valence electrons. The molecule has 1 aromatic heterocycles. The van der Waals surface area contributed by atoms with Crippen LogP contribution in [0.3, 0.4) is 0 Å². The maximum Gasteiger partial charge on any atom is 0.256 e. The maximum atomic E-state index is 11.7. The zero-order chi connectivity index (χ0) is 10.8. The molecule has 0 atom stereocenters. The fourth-order valence-electron chi connectivity index (χ4n) is 2.27. The van der Waals surface area contributed by atoms with E-state index in [9.17, 15) is 4.79 Å². The molecular weight excluding hydrogens is 190 g/mol. The topological polar surface area (TPSA) is 71.8 Å². The Balaban J connectivity index is 2.38. The van der Waals surface area contributed by atoms with Crippen LogP contribution in [0.25, 0.3) is 0 Å². The molecule has 4 heteroatoms. The van der Waals surface area contributed by atoms with Crippen LogP contribution in [0.15, 0.2) is 4.79 Å². The number of aromatic amines is 1. The number of hydrogen-bond acceptors (Lipinski definition) is 3. The van der Waals surface area contributed by atoms with Gasteiger partial charge in [0.25, 0.3) is 5.56 Å². The molecule has 15 heavy (non-hydrogen) atoms. The molecule has 0 amide bonds. The molecule has 0 aliphatic heterocycles. The van der Waals surface area contributed by atoms with Crippen molar-refractivity contribution in [1.82, 2.24) is 9.97 Å². The van der Waals surface area contributed by atoms with Gasteiger partial charge in [0.05, 0.1) is 5.56 Å². The third kappa shape index (κ3) is 1.89. The Hall–Kier alpha value is -1.32. The van der Waals surface area contributed by atoms with Gasteiger partial charge in [0.2, 0.25) is 0 Å². The molecule has 0 saturated heterocycles. The molecule has 1 fully saturated rings. The molecule has 0 unspecified atom stereocenters. The molecular formula is C11H17N3O. The summed E-state index contributed by atoms with van der Waals surface area (Å²) >= 11 is 0. The maximum absolute atomic E-state index is 11.7. The summed E-state index contributed by atoms with van der Waals surface area (Å²) in [6.45, 7) is 1.91. The Kier molecular flexibility index (Phi) is 2.75. The highest BCUT2D eigenvalue weighted by Gasteiger charge is 2.20. The predicted octanol–water partition coefficient (Wildman–Crippen LogP) is 1.57. The zero-order valence-electron chi connectivity index (χ0n) is 9.05. The molecule has 0 bridgehead atoms. The van der Waals surface area contributed by atoms with Crippen LogP contribution >= 0.6 is 0 Å². The van der Waals surface area contributed by atoms with Gasteiger partial charge in [-0.15, -0.1) is 0 Å². The van der Waals surface area contributed by atoms with Crippen molar-refractivity contribution in [3.05, 3.63) is 21.7 Å². The summed E-state index contributed by atoms with van der Waals surface area (Å²) in [6, 6.07) is 0. The molecule has 3 N–H and O–H groups in total. The Morgan fingerprint density at radius 1 is 1.47 bits per heavy atom. The van der Waals surface area contributed by atoms with Crippen molar-refractivity contribution in [3.8, 4) is 0 Å². The van der Waals surface area contributed by atoms with Crippen molar-refractivity contribution in [2.75, 3.05) is 5.73 Å². The highest BCUT2D eigenvalue weighted by molar-refractivity contribution is 5.37. The largest absolute Gasteiger partial charge is 0.383 e. The van der Waals surface area contributed by atoms with Crippen molar-refractivity contribution < 1.29 is 0 Å². The van der Waals surface area contributed by atoms with Crippen LogP contribution in [0.2, 0.25) is 0 Å². The Bertz CT molecular complexity index is 405. The second kappa shape index (κ2) is 4.04. The minimum Gasteiger partial charge on any atom is -0.383 e. The molecule has 0 spiro atoms. The third-order valence-corrected chi connectivity index (χ3v) is 3.16. The number of aromatic nitrogens is 2. The lowest BCUT2D eigenvalue weighted by atomic mass is 10.1. The van der Waals surface area contributed by atoms with E-state index < -0.39 is 0 Å². The van der Waals surface area contributed by atoms with Gasteiger partial charge in [-0.25, -0.2) is 4.98 Å². The van der Waals surface area contributed by atoms with E-state index in [1.807, 2.05) is 6.92 Å². The van der Waals surface area contributed by atoms with Gasteiger partial charge in [-0.1, -0.05) is 19.8 Å². The number of anilines is 1. The van der Waals surface area contributed by atoms with Crippen LogP contribution < -0.4 is 11.3 Å². The van der Waals surface area contributed by atoms with E-state index >= 15 is 0 Å². The lowest BCUT2D eigenvalue weighted by Crippen LogP contribution is -2.20. The summed E-state index contributed by atoms with van der Waals surface area (Å²) < 4.78 is 0. The smallest absolute Gasteiger partial charge is 0.256 e. The molecule has 4 nitrogen and oxygen atoms in total. The monoisotopic (exact) mass is 207 g/mol. The minimum atomic E-state index is -0.0631. The first kappa shape index (κ1) is 10.2.